The molecule has 3 heterocycles. The lowest BCUT2D eigenvalue weighted by atomic mass is 9.99. The fourth-order valence-corrected chi connectivity index (χ4v) is 3.20. The van der Waals surface area contributed by atoms with E-state index in [1.807, 2.05) is 0 Å². The zero-order valence-corrected chi connectivity index (χ0v) is 14.8. The predicted molar refractivity (Wildman–Crippen MR) is 98.0 cm³/mol. The number of nitrogens with one attached hydrogen (secondary N) is 1. The van der Waals surface area contributed by atoms with Gasteiger partial charge in [-0.3, -0.25) is 4.79 Å². The summed E-state index contributed by atoms with van der Waals surface area (Å²) in [4.78, 5) is 23.2. The molecule has 7 nitrogen and oxygen atoms in total. The van der Waals surface area contributed by atoms with Gasteiger partial charge in [0.25, 0.3) is 5.91 Å². The second-order valence-corrected chi connectivity index (χ2v) is 6.74. The van der Waals surface area contributed by atoms with Gasteiger partial charge in [-0.05, 0) is 30.9 Å². The molecule has 4 rings (SSSR count). The molecule has 2 aliphatic rings. The number of ether oxygens (including phenoxy) is 2. The number of hydrogen-bond acceptors (Lipinski definition) is 6. The number of hydrogen-bond donors (Lipinski definition) is 1. The van der Waals surface area contributed by atoms with E-state index in [0.29, 0.717) is 36.1 Å². The molecule has 1 N–H and O–H groups in total. The first-order valence-electron chi connectivity index (χ1n) is 8.97. The van der Waals surface area contributed by atoms with E-state index < -0.39 is 0 Å². The highest BCUT2D eigenvalue weighted by molar-refractivity contribution is 6.03. The van der Waals surface area contributed by atoms with Crippen molar-refractivity contribution in [2.45, 2.75) is 19.8 Å². The Balaban J connectivity index is 1.47. The van der Waals surface area contributed by atoms with Gasteiger partial charge in [0, 0.05) is 30.9 Å². The van der Waals surface area contributed by atoms with Crippen molar-refractivity contribution in [3.8, 4) is 11.5 Å². The van der Waals surface area contributed by atoms with Crippen molar-refractivity contribution in [2.24, 2.45) is 5.92 Å². The molecule has 2 aromatic rings. The van der Waals surface area contributed by atoms with Gasteiger partial charge in [-0.25, -0.2) is 9.97 Å². The Labute approximate surface area is 152 Å². The predicted octanol–water partition coefficient (Wildman–Crippen LogP) is 2.74. The van der Waals surface area contributed by atoms with E-state index in [9.17, 15) is 4.79 Å². The van der Waals surface area contributed by atoms with Gasteiger partial charge in [-0.2, -0.15) is 0 Å². The molecule has 0 radical (unpaired) electrons. The molecule has 0 saturated carbocycles. The smallest absolute Gasteiger partial charge is 0.274 e. The molecule has 1 aromatic heterocycles. The maximum Gasteiger partial charge on any atom is 0.274 e. The van der Waals surface area contributed by atoms with Crippen LogP contribution < -0.4 is 19.7 Å². The van der Waals surface area contributed by atoms with Crippen LogP contribution in [0.2, 0.25) is 0 Å². The van der Waals surface area contributed by atoms with Gasteiger partial charge in [0.2, 0.25) is 0 Å². The Morgan fingerprint density at radius 2 is 1.88 bits per heavy atom. The molecule has 1 aromatic carbocycles. The minimum atomic E-state index is -0.268. The summed E-state index contributed by atoms with van der Waals surface area (Å²) in [6, 6.07) is 7.10. The van der Waals surface area contributed by atoms with Crippen molar-refractivity contribution < 1.29 is 14.3 Å². The van der Waals surface area contributed by atoms with Crippen molar-refractivity contribution in [3.05, 3.63) is 36.3 Å². The Morgan fingerprint density at radius 1 is 1.12 bits per heavy atom. The molecule has 0 atom stereocenters. The van der Waals surface area contributed by atoms with Gasteiger partial charge in [-0.1, -0.05) is 6.92 Å². The number of carbonyl (C=O) groups excluding carboxylic acids is 1. The highest BCUT2D eigenvalue weighted by Crippen LogP contribution is 2.32. The summed E-state index contributed by atoms with van der Waals surface area (Å²) in [7, 11) is 0. The summed E-state index contributed by atoms with van der Waals surface area (Å²) < 4.78 is 11.0. The molecular formula is C19H22N4O3. The lowest BCUT2D eigenvalue weighted by Gasteiger charge is -2.31. The average molecular weight is 354 g/mol. The summed E-state index contributed by atoms with van der Waals surface area (Å²) in [6.07, 6.45) is 3.73. The molecule has 0 bridgehead atoms. The Bertz CT molecular complexity index is 803. The Hall–Kier alpha value is -2.83. The van der Waals surface area contributed by atoms with Crippen LogP contribution in [0.5, 0.6) is 11.5 Å². The van der Waals surface area contributed by atoms with E-state index in [2.05, 4.69) is 27.1 Å². The molecular weight excluding hydrogens is 332 g/mol. The van der Waals surface area contributed by atoms with Crippen LogP contribution in [0.3, 0.4) is 0 Å². The van der Waals surface area contributed by atoms with Crippen LogP contribution in [-0.4, -0.2) is 42.2 Å². The summed E-state index contributed by atoms with van der Waals surface area (Å²) in [6.45, 7) is 5.23. The summed E-state index contributed by atoms with van der Waals surface area (Å²) >= 11 is 0. The van der Waals surface area contributed by atoms with E-state index in [1.54, 1.807) is 24.3 Å². The summed E-state index contributed by atoms with van der Waals surface area (Å²) in [5.41, 5.74) is 0.995. The molecule has 26 heavy (non-hydrogen) atoms. The first-order valence-corrected chi connectivity index (χ1v) is 8.97. The van der Waals surface area contributed by atoms with Crippen molar-refractivity contribution in [3.63, 3.8) is 0 Å². The van der Waals surface area contributed by atoms with Crippen LogP contribution in [0.25, 0.3) is 0 Å². The lowest BCUT2D eigenvalue weighted by molar-refractivity contribution is 0.102. The van der Waals surface area contributed by atoms with Gasteiger partial charge in [0.15, 0.2) is 11.5 Å². The average Bonchev–Trinajstić information content (AvgIpc) is 2.68. The number of anilines is 2. The van der Waals surface area contributed by atoms with Crippen molar-refractivity contribution in [2.75, 3.05) is 36.5 Å². The molecule has 1 amide bonds. The SMILES string of the molecule is CC1CCN(c2cc(C(=O)Nc3ccc4c(c3)OCCO4)ncn2)CC1. The third-order valence-corrected chi connectivity index (χ3v) is 4.79. The highest BCUT2D eigenvalue weighted by atomic mass is 16.6. The third kappa shape index (κ3) is 3.56. The molecule has 0 aliphatic carbocycles. The number of benzene rings is 1. The third-order valence-electron chi connectivity index (χ3n) is 4.79. The van der Waals surface area contributed by atoms with E-state index in [1.165, 1.54) is 6.33 Å². The standard InChI is InChI=1S/C19H22N4O3/c1-13-4-6-23(7-5-13)18-11-15(20-12-21-18)19(24)22-14-2-3-16-17(10-14)26-9-8-25-16/h2-3,10-13H,4-9H2,1H3,(H,22,24). The number of piperidine rings is 1. The second kappa shape index (κ2) is 7.19. The van der Waals surface area contributed by atoms with Gasteiger partial charge in [0.1, 0.15) is 31.1 Å². The number of rotatable bonds is 3. The van der Waals surface area contributed by atoms with Gasteiger partial charge in [-0.15, -0.1) is 0 Å². The summed E-state index contributed by atoms with van der Waals surface area (Å²) in [5, 5.41) is 2.86. The fourth-order valence-electron chi connectivity index (χ4n) is 3.20. The number of nitrogens with zero attached hydrogens (tertiary/aromatic N) is 3. The van der Waals surface area contributed by atoms with E-state index in [0.717, 1.165) is 37.7 Å². The largest absolute Gasteiger partial charge is 0.486 e. The number of aromatic nitrogens is 2. The van der Waals surface area contributed by atoms with E-state index in [4.69, 9.17) is 9.47 Å². The van der Waals surface area contributed by atoms with Gasteiger partial charge in [0.05, 0.1) is 0 Å². The normalized spacial score (nSPS) is 17.0. The summed E-state index contributed by atoms with van der Waals surface area (Å²) in [5.74, 6) is 2.61. The Morgan fingerprint density at radius 3 is 2.69 bits per heavy atom. The number of fused-ring (bicyclic) bond motifs is 1. The van der Waals surface area contributed by atoms with Crippen molar-refractivity contribution in [1.29, 1.82) is 0 Å². The van der Waals surface area contributed by atoms with Crippen LogP contribution in [0, 0.1) is 5.92 Å². The monoisotopic (exact) mass is 354 g/mol. The second-order valence-electron chi connectivity index (χ2n) is 6.74. The van der Waals surface area contributed by atoms with Crippen LogP contribution in [-0.2, 0) is 0 Å². The maximum absolute atomic E-state index is 12.6. The molecule has 7 heteroatoms. The fraction of sp³-hybridized carbons (Fsp3) is 0.421. The van der Waals surface area contributed by atoms with Crippen molar-refractivity contribution in [1.82, 2.24) is 9.97 Å². The topological polar surface area (TPSA) is 76.6 Å². The molecule has 136 valence electrons. The van der Waals surface area contributed by atoms with Crippen LogP contribution in [0.4, 0.5) is 11.5 Å². The minimum absolute atomic E-state index is 0.268. The number of carbonyl (C=O) groups is 1. The first-order chi connectivity index (χ1) is 12.7. The first kappa shape index (κ1) is 16.6. The molecule has 0 spiro atoms. The minimum Gasteiger partial charge on any atom is -0.486 e. The molecule has 0 unspecified atom stereocenters. The zero-order chi connectivity index (χ0) is 17.9. The van der Waals surface area contributed by atoms with Crippen molar-refractivity contribution >= 4 is 17.4 Å². The van der Waals surface area contributed by atoms with Crippen LogP contribution >= 0.6 is 0 Å². The van der Waals surface area contributed by atoms with Gasteiger partial charge >= 0.3 is 0 Å². The highest BCUT2D eigenvalue weighted by Gasteiger charge is 2.19. The quantitative estimate of drug-likeness (QED) is 0.913. The van der Waals surface area contributed by atoms with Crippen LogP contribution in [0.1, 0.15) is 30.3 Å². The van der Waals surface area contributed by atoms with Gasteiger partial charge < -0.3 is 19.7 Å². The number of amides is 1. The Kier molecular flexibility index (Phi) is 4.60. The van der Waals surface area contributed by atoms with Crippen LogP contribution in [0.15, 0.2) is 30.6 Å². The lowest BCUT2D eigenvalue weighted by Crippen LogP contribution is -2.33. The zero-order valence-electron chi connectivity index (χ0n) is 14.8. The molecule has 1 saturated heterocycles. The van der Waals surface area contributed by atoms with E-state index in [-0.39, 0.29) is 5.91 Å². The molecule has 1 fully saturated rings. The molecule has 2 aliphatic heterocycles. The maximum atomic E-state index is 12.6. The van der Waals surface area contributed by atoms with E-state index >= 15 is 0 Å².